The molecule has 2 fully saturated rings. The minimum atomic E-state index is 0.338. The Morgan fingerprint density at radius 2 is 1.94 bits per heavy atom. The molecule has 0 radical (unpaired) electrons. The van der Waals surface area contributed by atoms with Crippen LogP contribution in [0.25, 0.3) is 0 Å². The summed E-state index contributed by atoms with van der Waals surface area (Å²) in [5.41, 5.74) is 0. The minimum absolute atomic E-state index is 0.338. The summed E-state index contributed by atoms with van der Waals surface area (Å²) in [4.78, 5) is 14.4. The predicted octanol–water partition coefficient (Wildman–Crippen LogP) is 3.06. The molecule has 1 saturated heterocycles. The van der Waals surface area contributed by atoms with E-state index in [-0.39, 0.29) is 0 Å². The second kappa shape index (κ2) is 5.52. The largest absolute Gasteiger partial charge is 0.342 e. The van der Waals surface area contributed by atoms with Gasteiger partial charge < -0.3 is 4.90 Å². The first-order valence-electron chi connectivity index (χ1n) is 6.55. The molecule has 1 aliphatic carbocycles. The smallest absolute Gasteiger partial charge is 0.225 e. The summed E-state index contributed by atoms with van der Waals surface area (Å²) in [5.74, 6) is 2.30. The van der Waals surface area contributed by atoms with Crippen LogP contribution >= 0.6 is 15.9 Å². The number of hydrogen-bond acceptors (Lipinski definition) is 1. The molecular weight excluding hydrogens is 266 g/mol. The number of rotatable bonds is 2. The van der Waals surface area contributed by atoms with E-state index in [0.717, 1.165) is 37.2 Å². The highest BCUT2D eigenvalue weighted by Crippen LogP contribution is 2.31. The summed E-state index contributed by atoms with van der Waals surface area (Å²) in [7, 11) is 0. The summed E-state index contributed by atoms with van der Waals surface area (Å²) in [5, 5.41) is 1.04. The zero-order valence-electron chi connectivity index (χ0n) is 10.1. The minimum Gasteiger partial charge on any atom is -0.342 e. The van der Waals surface area contributed by atoms with Crippen molar-refractivity contribution in [3.8, 4) is 0 Å². The van der Waals surface area contributed by atoms with E-state index in [1.54, 1.807) is 0 Å². The van der Waals surface area contributed by atoms with Crippen LogP contribution in [0.3, 0.4) is 0 Å². The molecule has 0 aromatic heterocycles. The number of alkyl halides is 1. The molecule has 2 aliphatic rings. The standard InChI is InChI=1S/C13H22BrNO/c1-10-2-4-12(5-3-10)13(16)15-7-6-11(8-14)9-15/h10-12H,2-9H2,1H3. The SMILES string of the molecule is CC1CCC(C(=O)N2CCC(CBr)C2)CC1. The van der Waals surface area contributed by atoms with Crippen molar-refractivity contribution in [1.29, 1.82) is 0 Å². The maximum absolute atomic E-state index is 12.3. The summed E-state index contributed by atoms with van der Waals surface area (Å²) in [6.45, 7) is 4.27. The Balaban J connectivity index is 1.83. The van der Waals surface area contributed by atoms with E-state index < -0.39 is 0 Å². The first-order chi connectivity index (χ1) is 7.70. The fourth-order valence-electron chi connectivity index (χ4n) is 2.92. The van der Waals surface area contributed by atoms with E-state index in [9.17, 15) is 4.79 Å². The van der Waals surface area contributed by atoms with E-state index in [1.165, 1.54) is 19.3 Å². The van der Waals surface area contributed by atoms with Crippen LogP contribution < -0.4 is 0 Å². The Kier molecular flexibility index (Phi) is 4.28. The van der Waals surface area contributed by atoms with Crippen molar-refractivity contribution >= 4 is 21.8 Å². The van der Waals surface area contributed by atoms with Crippen molar-refractivity contribution in [3.05, 3.63) is 0 Å². The second-order valence-electron chi connectivity index (χ2n) is 5.55. The van der Waals surface area contributed by atoms with Gasteiger partial charge in [-0.15, -0.1) is 0 Å². The van der Waals surface area contributed by atoms with E-state index >= 15 is 0 Å². The zero-order valence-corrected chi connectivity index (χ0v) is 11.7. The van der Waals surface area contributed by atoms with Gasteiger partial charge in [0.05, 0.1) is 0 Å². The van der Waals surface area contributed by atoms with Crippen molar-refractivity contribution < 1.29 is 4.79 Å². The summed E-state index contributed by atoms with van der Waals surface area (Å²) in [6, 6.07) is 0. The van der Waals surface area contributed by atoms with Crippen molar-refractivity contribution in [1.82, 2.24) is 4.90 Å². The van der Waals surface area contributed by atoms with Crippen LogP contribution in [-0.2, 0) is 4.79 Å². The van der Waals surface area contributed by atoms with Crippen LogP contribution in [0.15, 0.2) is 0 Å². The molecule has 1 amide bonds. The Morgan fingerprint density at radius 3 is 2.50 bits per heavy atom. The van der Waals surface area contributed by atoms with Crippen molar-refractivity contribution in [2.24, 2.45) is 17.8 Å². The van der Waals surface area contributed by atoms with Crippen LogP contribution in [-0.4, -0.2) is 29.2 Å². The highest BCUT2D eigenvalue weighted by Gasteiger charge is 2.31. The highest BCUT2D eigenvalue weighted by molar-refractivity contribution is 9.09. The van der Waals surface area contributed by atoms with Crippen molar-refractivity contribution in [3.63, 3.8) is 0 Å². The van der Waals surface area contributed by atoms with Gasteiger partial charge in [0, 0.05) is 24.3 Å². The molecular formula is C13H22BrNO. The first-order valence-corrected chi connectivity index (χ1v) is 7.67. The monoisotopic (exact) mass is 287 g/mol. The zero-order chi connectivity index (χ0) is 11.5. The van der Waals surface area contributed by atoms with E-state index in [4.69, 9.17) is 0 Å². The molecule has 2 nitrogen and oxygen atoms in total. The second-order valence-corrected chi connectivity index (χ2v) is 6.20. The van der Waals surface area contributed by atoms with Gasteiger partial charge >= 0.3 is 0 Å². The Labute approximate surface area is 107 Å². The number of nitrogens with zero attached hydrogens (tertiary/aromatic N) is 1. The lowest BCUT2D eigenvalue weighted by atomic mass is 9.82. The molecule has 92 valence electrons. The molecule has 1 heterocycles. The molecule has 0 aromatic carbocycles. The average molecular weight is 288 g/mol. The van der Waals surface area contributed by atoms with Gasteiger partial charge in [0.2, 0.25) is 5.91 Å². The molecule has 16 heavy (non-hydrogen) atoms. The lowest BCUT2D eigenvalue weighted by Gasteiger charge is -2.29. The summed E-state index contributed by atoms with van der Waals surface area (Å²) in [6.07, 6.45) is 5.91. The quantitative estimate of drug-likeness (QED) is 0.715. The van der Waals surface area contributed by atoms with Gasteiger partial charge in [0.15, 0.2) is 0 Å². The third-order valence-corrected chi connectivity index (χ3v) is 5.10. The molecule has 1 saturated carbocycles. The lowest BCUT2D eigenvalue weighted by molar-refractivity contribution is -0.135. The highest BCUT2D eigenvalue weighted by atomic mass is 79.9. The summed E-state index contributed by atoms with van der Waals surface area (Å²) >= 11 is 3.52. The van der Waals surface area contributed by atoms with Crippen LogP contribution in [0.2, 0.25) is 0 Å². The molecule has 1 aliphatic heterocycles. The van der Waals surface area contributed by atoms with E-state index in [0.29, 0.717) is 17.7 Å². The maximum Gasteiger partial charge on any atom is 0.225 e. The van der Waals surface area contributed by atoms with Crippen molar-refractivity contribution in [2.45, 2.75) is 39.0 Å². The van der Waals surface area contributed by atoms with Gasteiger partial charge in [-0.25, -0.2) is 0 Å². The molecule has 0 spiro atoms. The summed E-state index contributed by atoms with van der Waals surface area (Å²) < 4.78 is 0. The Bertz CT molecular complexity index is 244. The van der Waals surface area contributed by atoms with Gasteiger partial charge in [-0.05, 0) is 43.9 Å². The van der Waals surface area contributed by atoms with Crippen molar-refractivity contribution in [2.75, 3.05) is 18.4 Å². The van der Waals surface area contributed by atoms with Gasteiger partial charge in [0.25, 0.3) is 0 Å². The fraction of sp³-hybridized carbons (Fsp3) is 0.923. The molecule has 2 rings (SSSR count). The number of carbonyl (C=O) groups excluding carboxylic acids is 1. The molecule has 0 bridgehead atoms. The van der Waals surface area contributed by atoms with Crippen LogP contribution in [0.1, 0.15) is 39.0 Å². The van der Waals surface area contributed by atoms with Crippen LogP contribution in [0.4, 0.5) is 0 Å². The fourth-order valence-corrected chi connectivity index (χ4v) is 3.45. The van der Waals surface area contributed by atoms with Gasteiger partial charge in [-0.3, -0.25) is 4.79 Å². The molecule has 0 N–H and O–H groups in total. The average Bonchev–Trinajstić information content (AvgIpc) is 2.77. The van der Waals surface area contributed by atoms with Crippen LogP contribution in [0.5, 0.6) is 0 Å². The topological polar surface area (TPSA) is 20.3 Å². The first kappa shape index (κ1) is 12.4. The molecule has 3 heteroatoms. The number of amides is 1. The van der Waals surface area contributed by atoms with Gasteiger partial charge in [-0.1, -0.05) is 22.9 Å². The lowest BCUT2D eigenvalue weighted by Crippen LogP contribution is -2.36. The number of hydrogen-bond donors (Lipinski definition) is 0. The normalized spacial score (nSPS) is 35.4. The van der Waals surface area contributed by atoms with E-state index in [1.807, 2.05) is 0 Å². The number of likely N-dealkylation sites (tertiary alicyclic amines) is 1. The van der Waals surface area contributed by atoms with Crippen LogP contribution in [0, 0.1) is 17.8 Å². The predicted molar refractivity (Wildman–Crippen MR) is 69.6 cm³/mol. The number of carbonyl (C=O) groups is 1. The Morgan fingerprint density at radius 1 is 1.25 bits per heavy atom. The Hall–Kier alpha value is -0.0500. The van der Waals surface area contributed by atoms with Gasteiger partial charge in [-0.2, -0.15) is 0 Å². The number of halogens is 1. The van der Waals surface area contributed by atoms with Gasteiger partial charge in [0.1, 0.15) is 0 Å². The third-order valence-electron chi connectivity index (χ3n) is 4.18. The molecule has 1 unspecified atom stereocenters. The molecule has 1 atom stereocenters. The third kappa shape index (κ3) is 2.79. The molecule has 0 aromatic rings. The van der Waals surface area contributed by atoms with E-state index in [2.05, 4.69) is 27.8 Å². The maximum atomic E-state index is 12.3.